The van der Waals surface area contributed by atoms with Crippen LogP contribution in [0, 0.1) is 0 Å². The SMILES string of the molecule is O=C1CC[C@@H](C(=O)OCC(=O)N2c3ccccc3SC[C@@H]2c2ccccc2)N1. The second kappa shape index (κ2) is 8.06. The van der Waals surface area contributed by atoms with E-state index < -0.39 is 12.0 Å². The molecule has 2 aromatic carbocycles. The van der Waals surface area contributed by atoms with Crippen molar-refractivity contribution >= 4 is 35.2 Å². The Morgan fingerprint density at radius 2 is 1.86 bits per heavy atom. The van der Waals surface area contributed by atoms with E-state index in [1.807, 2.05) is 54.6 Å². The topological polar surface area (TPSA) is 75.7 Å². The number of carbonyl (C=O) groups is 3. The van der Waals surface area contributed by atoms with Crippen LogP contribution >= 0.6 is 11.8 Å². The number of thioether (sulfide) groups is 1. The van der Waals surface area contributed by atoms with Gasteiger partial charge in [-0.05, 0) is 24.1 Å². The molecule has 0 unspecified atom stereocenters. The number of para-hydroxylation sites is 1. The van der Waals surface area contributed by atoms with Crippen LogP contribution in [0.1, 0.15) is 24.4 Å². The van der Waals surface area contributed by atoms with Crippen LogP contribution in [0.2, 0.25) is 0 Å². The highest BCUT2D eigenvalue weighted by molar-refractivity contribution is 7.99. The van der Waals surface area contributed by atoms with E-state index in [0.29, 0.717) is 12.8 Å². The third-order valence-electron chi connectivity index (χ3n) is 4.90. The van der Waals surface area contributed by atoms with Crippen LogP contribution in [0.25, 0.3) is 0 Å². The summed E-state index contributed by atoms with van der Waals surface area (Å²) in [5.41, 5.74) is 1.86. The molecule has 0 bridgehead atoms. The highest BCUT2D eigenvalue weighted by atomic mass is 32.2. The van der Waals surface area contributed by atoms with E-state index in [0.717, 1.165) is 21.9 Å². The number of nitrogens with zero attached hydrogens (tertiary/aromatic N) is 1. The summed E-state index contributed by atoms with van der Waals surface area (Å²) in [6, 6.07) is 16.8. The van der Waals surface area contributed by atoms with E-state index >= 15 is 0 Å². The molecule has 2 heterocycles. The Balaban J connectivity index is 1.54. The van der Waals surface area contributed by atoms with Crippen molar-refractivity contribution in [3.05, 3.63) is 60.2 Å². The van der Waals surface area contributed by atoms with Gasteiger partial charge < -0.3 is 10.1 Å². The number of hydrogen-bond acceptors (Lipinski definition) is 5. The predicted molar refractivity (Wildman–Crippen MR) is 106 cm³/mol. The first-order valence-electron chi connectivity index (χ1n) is 9.18. The molecule has 28 heavy (non-hydrogen) atoms. The molecule has 2 atom stereocenters. The molecule has 0 aliphatic carbocycles. The fraction of sp³-hybridized carbons (Fsp3) is 0.286. The summed E-state index contributed by atoms with van der Waals surface area (Å²) in [4.78, 5) is 39.3. The summed E-state index contributed by atoms with van der Waals surface area (Å²) in [5, 5.41) is 2.57. The van der Waals surface area contributed by atoms with E-state index in [2.05, 4.69) is 5.32 Å². The summed E-state index contributed by atoms with van der Waals surface area (Å²) in [6.07, 6.45) is 0.711. The van der Waals surface area contributed by atoms with E-state index in [1.54, 1.807) is 16.7 Å². The summed E-state index contributed by atoms with van der Waals surface area (Å²) in [5.74, 6) is -0.284. The van der Waals surface area contributed by atoms with Gasteiger partial charge in [-0.25, -0.2) is 4.79 Å². The van der Waals surface area contributed by atoms with Crippen LogP contribution in [0.15, 0.2) is 59.5 Å². The van der Waals surface area contributed by atoms with Crippen molar-refractivity contribution in [1.29, 1.82) is 0 Å². The zero-order valence-corrected chi connectivity index (χ0v) is 16.0. The minimum Gasteiger partial charge on any atom is -0.454 e. The van der Waals surface area contributed by atoms with Gasteiger partial charge >= 0.3 is 5.97 Å². The molecule has 0 aromatic heterocycles. The molecule has 2 aliphatic heterocycles. The summed E-state index contributed by atoms with van der Waals surface area (Å²) < 4.78 is 5.24. The fourth-order valence-corrected chi connectivity index (χ4v) is 4.68. The molecule has 6 nitrogen and oxygen atoms in total. The second-order valence-electron chi connectivity index (χ2n) is 6.74. The summed E-state index contributed by atoms with van der Waals surface area (Å²) >= 11 is 1.71. The van der Waals surface area contributed by atoms with Crippen LogP contribution in [0.5, 0.6) is 0 Å². The lowest BCUT2D eigenvalue weighted by Crippen LogP contribution is -2.42. The largest absolute Gasteiger partial charge is 0.454 e. The standard InChI is InChI=1S/C21H20N2O4S/c24-19-11-10-15(22-19)21(26)27-12-20(25)23-16-8-4-5-9-18(16)28-13-17(23)14-6-2-1-3-7-14/h1-9,15,17H,10-13H2,(H,22,24)/t15-,17+/m0/s1. The third kappa shape index (κ3) is 3.75. The maximum atomic E-state index is 13.1. The van der Waals surface area contributed by atoms with Gasteiger partial charge in [0.05, 0.1) is 11.7 Å². The van der Waals surface area contributed by atoms with Crippen LogP contribution in [0.3, 0.4) is 0 Å². The van der Waals surface area contributed by atoms with Crippen molar-refractivity contribution in [1.82, 2.24) is 5.32 Å². The first-order chi connectivity index (χ1) is 13.6. The van der Waals surface area contributed by atoms with E-state index in [1.165, 1.54) is 0 Å². The Morgan fingerprint density at radius 1 is 1.11 bits per heavy atom. The lowest BCUT2D eigenvalue weighted by Gasteiger charge is -2.37. The molecule has 2 aliphatic rings. The van der Waals surface area contributed by atoms with Gasteiger partial charge in [-0.2, -0.15) is 0 Å². The predicted octanol–water partition coefficient (Wildman–Crippen LogP) is 2.69. The molecular formula is C21H20N2O4S. The Kier molecular flexibility index (Phi) is 5.34. The number of anilines is 1. The Hall–Kier alpha value is -2.80. The third-order valence-corrected chi connectivity index (χ3v) is 6.04. The first kappa shape index (κ1) is 18.6. The smallest absolute Gasteiger partial charge is 0.329 e. The number of hydrogen-bond donors (Lipinski definition) is 1. The van der Waals surface area contributed by atoms with Crippen molar-refractivity contribution in [3.63, 3.8) is 0 Å². The number of ether oxygens (including phenoxy) is 1. The number of fused-ring (bicyclic) bond motifs is 1. The van der Waals surface area contributed by atoms with E-state index in [4.69, 9.17) is 4.74 Å². The van der Waals surface area contributed by atoms with Gasteiger partial charge in [0.2, 0.25) is 5.91 Å². The van der Waals surface area contributed by atoms with Gasteiger partial charge in [0.1, 0.15) is 6.04 Å². The molecule has 1 fully saturated rings. The van der Waals surface area contributed by atoms with Gasteiger partial charge in [0, 0.05) is 17.1 Å². The number of amides is 2. The highest BCUT2D eigenvalue weighted by Gasteiger charge is 2.34. The molecule has 0 spiro atoms. The highest BCUT2D eigenvalue weighted by Crippen LogP contribution is 2.43. The van der Waals surface area contributed by atoms with Crippen molar-refractivity contribution < 1.29 is 19.1 Å². The van der Waals surface area contributed by atoms with Gasteiger partial charge in [-0.3, -0.25) is 14.5 Å². The Labute approximate surface area is 167 Å². The molecule has 2 amide bonds. The number of benzene rings is 2. The van der Waals surface area contributed by atoms with E-state index in [-0.39, 0.29) is 24.5 Å². The molecule has 1 saturated heterocycles. The molecule has 7 heteroatoms. The lowest BCUT2D eigenvalue weighted by molar-refractivity contribution is -0.150. The Morgan fingerprint density at radius 3 is 2.61 bits per heavy atom. The molecule has 4 rings (SSSR count). The minimum absolute atomic E-state index is 0.140. The van der Waals surface area contributed by atoms with Crippen LogP contribution < -0.4 is 10.2 Å². The average Bonchev–Trinajstić information content (AvgIpc) is 3.18. The van der Waals surface area contributed by atoms with Crippen molar-refractivity contribution in [2.75, 3.05) is 17.3 Å². The molecule has 144 valence electrons. The zero-order valence-electron chi connectivity index (χ0n) is 15.2. The average molecular weight is 396 g/mol. The van der Waals surface area contributed by atoms with Gasteiger partial charge in [0.15, 0.2) is 6.61 Å². The maximum absolute atomic E-state index is 13.1. The molecule has 0 radical (unpaired) electrons. The molecule has 1 N–H and O–H groups in total. The molecule has 2 aromatic rings. The van der Waals surface area contributed by atoms with Gasteiger partial charge in [-0.1, -0.05) is 42.5 Å². The monoisotopic (exact) mass is 396 g/mol. The van der Waals surface area contributed by atoms with Crippen molar-refractivity contribution in [2.45, 2.75) is 29.8 Å². The van der Waals surface area contributed by atoms with E-state index in [9.17, 15) is 14.4 Å². The minimum atomic E-state index is -0.658. The normalized spacial score (nSPS) is 21.0. The molecule has 0 saturated carbocycles. The zero-order chi connectivity index (χ0) is 19.5. The van der Waals surface area contributed by atoms with Crippen LogP contribution in [-0.2, 0) is 19.1 Å². The number of carbonyl (C=O) groups excluding carboxylic acids is 3. The summed E-state index contributed by atoms with van der Waals surface area (Å²) in [7, 11) is 0. The Bertz CT molecular complexity index is 902. The number of esters is 1. The number of nitrogens with one attached hydrogen (secondary N) is 1. The lowest BCUT2D eigenvalue weighted by atomic mass is 10.1. The van der Waals surface area contributed by atoms with Crippen LogP contribution in [-0.4, -0.2) is 36.2 Å². The first-order valence-corrected chi connectivity index (χ1v) is 10.2. The van der Waals surface area contributed by atoms with Crippen molar-refractivity contribution in [3.8, 4) is 0 Å². The number of rotatable bonds is 4. The van der Waals surface area contributed by atoms with Gasteiger partial charge in [-0.15, -0.1) is 11.8 Å². The second-order valence-corrected chi connectivity index (χ2v) is 7.80. The quantitative estimate of drug-likeness (QED) is 0.805. The van der Waals surface area contributed by atoms with Crippen molar-refractivity contribution in [2.24, 2.45) is 0 Å². The van der Waals surface area contributed by atoms with Gasteiger partial charge in [0.25, 0.3) is 5.91 Å². The maximum Gasteiger partial charge on any atom is 0.329 e. The molecular weight excluding hydrogens is 376 g/mol. The summed E-state index contributed by atoms with van der Waals surface area (Å²) in [6.45, 7) is -0.354. The van der Waals surface area contributed by atoms with Crippen LogP contribution in [0.4, 0.5) is 5.69 Å². The fourth-order valence-electron chi connectivity index (χ4n) is 3.51.